The average molecular weight is 1500 g/mol. The van der Waals surface area contributed by atoms with E-state index in [2.05, 4.69) is 131 Å². The molecule has 0 aromatic rings. The third kappa shape index (κ3) is 75.7. The van der Waals surface area contributed by atoms with Gasteiger partial charge in [0.15, 0.2) is 12.2 Å². The summed E-state index contributed by atoms with van der Waals surface area (Å²) >= 11 is 0. The van der Waals surface area contributed by atoms with Gasteiger partial charge in [-0.1, -0.05) is 310 Å². The number of aliphatic hydroxyl groups excluding tert-OH is 1. The van der Waals surface area contributed by atoms with Crippen LogP contribution in [0.5, 0.6) is 0 Å². The molecule has 5 unspecified atom stereocenters. The molecule has 17 nitrogen and oxygen atoms in total. The van der Waals surface area contributed by atoms with E-state index in [1.807, 2.05) is 18.2 Å². The third-order valence-electron chi connectivity index (χ3n) is 16.9. The van der Waals surface area contributed by atoms with E-state index < -0.39 is 97.5 Å². The van der Waals surface area contributed by atoms with Crippen LogP contribution in [0, 0.1) is 0 Å². The van der Waals surface area contributed by atoms with Crippen LogP contribution in [0.25, 0.3) is 0 Å². The van der Waals surface area contributed by atoms with E-state index in [9.17, 15) is 43.2 Å². The normalized spacial score (nSPS) is 14.5. The van der Waals surface area contributed by atoms with E-state index >= 15 is 0 Å². The molecule has 0 spiro atoms. The van der Waals surface area contributed by atoms with E-state index in [-0.39, 0.29) is 25.7 Å². The lowest BCUT2D eigenvalue weighted by molar-refractivity contribution is -0.161. The van der Waals surface area contributed by atoms with Gasteiger partial charge in [0.05, 0.1) is 26.4 Å². The van der Waals surface area contributed by atoms with E-state index in [1.165, 1.54) is 96.3 Å². The maximum atomic E-state index is 13.1. The zero-order valence-corrected chi connectivity index (χ0v) is 67.2. The molecule has 0 fully saturated rings. The summed E-state index contributed by atoms with van der Waals surface area (Å²) in [6.45, 7) is 4.62. The Labute approximate surface area is 632 Å². The van der Waals surface area contributed by atoms with Crippen LogP contribution in [-0.2, 0) is 65.4 Å². The summed E-state index contributed by atoms with van der Waals surface area (Å²) in [7, 11) is -9.98. The Bertz CT molecular complexity index is 2440. The molecule has 0 aliphatic heterocycles. The van der Waals surface area contributed by atoms with Crippen LogP contribution in [-0.4, -0.2) is 96.7 Å². The van der Waals surface area contributed by atoms with Crippen LogP contribution >= 0.6 is 15.6 Å². The van der Waals surface area contributed by atoms with Crippen molar-refractivity contribution in [2.45, 2.75) is 354 Å². The largest absolute Gasteiger partial charge is 0.472 e. The molecule has 5 atom stereocenters. The molecule has 19 heteroatoms. The Kier molecular flexibility index (Phi) is 73.3. The van der Waals surface area contributed by atoms with Gasteiger partial charge in [0, 0.05) is 25.7 Å². The van der Waals surface area contributed by atoms with Crippen LogP contribution < -0.4 is 0 Å². The summed E-state index contributed by atoms with van der Waals surface area (Å²) in [5.41, 5.74) is 0. The lowest BCUT2D eigenvalue weighted by Gasteiger charge is -2.21. The van der Waals surface area contributed by atoms with Gasteiger partial charge in [-0.15, -0.1) is 0 Å². The summed E-state index contributed by atoms with van der Waals surface area (Å²) in [4.78, 5) is 73.0. The summed E-state index contributed by atoms with van der Waals surface area (Å²) in [6.07, 6.45) is 84.8. The molecule has 0 radical (unpaired) electrons. The molecular formula is C85H146O17P2. The first-order chi connectivity index (χ1) is 50.7. The Balaban J connectivity index is 5.38. The predicted octanol–water partition coefficient (Wildman–Crippen LogP) is 23.9. The first-order valence-corrected chi connectivity index (χ1v) is 43.8. The van der Waals surface area contributed by atoms with Crippen LogP contribution in [0.1, 0.15) is 336 Å². The molecule has 0 aromatic heterocycles. The standard InChI is InChI=1S/C85H146O17P2/c1-5-9-13-17-21-25-29-32-35-37-39-41-44-46-50-53-57-61-65-69-82(87)95-75-80(101-84(89)71-67-63-59-55-49-28-24-20-16-12-8-4)77-99-103(91,92)97-73-79(86)74-98-104(93,94)100-78-81(102-85(90)72-68-64-60-56-52-48-43-34-31-27-23-19-15-11-7-3)76-96-83(88)70-66-62-58-54-51-47-45-42-40-38-36-33-30-26-22-18-14-10-6-2/h9,13,20-22,24-26,32-33,35-36,39-42,46,50,57,61,79-81,86H,5-8,10-12,14-19,23,27-31,34,37-38,43-45,47-49,51-56,58-60,62-78H2,1-4H3,(H,91,92)(H,93,94)/b13-9-,24-20-,25-21-,26-22-,35-32-,36-33-,41-39-,42-40-,50-46-,61-57-. The lowest BCUT2D eigenvalue weighted by Crippen LogP contribution is -2.30. The summed E-state index contributed by atoms with van der Waals surface area (Å²) in [5, 5.41) is 10.6. The fourth-order valence-corrected chi connectivity index (χ4v) is 12.3. The van der Waals surface area contributed by atoms with Crippen LogP contribution in [0.4, 0.5) is 0 Å². The van der Waals surface area contributed by atoms with Gasteiger partial charge in [0.1, 0.15) is 19.3 Å². The van der Waals surface area contributed by atoms with Gasteiger partial charge in [-0.25, -0.2) is 9.13 Å². The summed E-state index contributed by atoms with van der Waals surface area (Å²) in [5.74, 6) is -2.28. The fourth-order valence-electron chi connectivity index (χ4n) is 10.7. The minimum absolute atomic E-state index is 0.0332. The second-order valence-electron chi connectivity index (χ2n) is 27.0. The summed E-state index contributed by atoms with van der Waals surface area (Å²) < 4.78 is 68.5. The number of phosphoric ester groups is 2. The number of ether oxygens (including phenoxy) is 4. The monoisotopic (exact) mass is 1500 g/mol. The molecule has 104 heavy (non-hydrogen) atoms. The number of hydrogen-bond acceptors (Lipinski definition) is 15. The molecule has 0 rings (SSSR count). The Morgan fingerprint density at radius 2 is 0.529 bits per heavy atom. The Morgan fingerprint density at radius 1 is 0.279 bits per heavy atom. The van der Waals surface area contributed by atoms with Gasteiger partial charge in [-0.05, 0) is 122 Å². The minimum atomic E-state index is -4.99. The molecule has 0 aliphatic rings. The molecule has 0 bridgehead atoms. The van der Waals surface area contributed by atoms with Crippen molar-refractivity contribution in [1.82, 2.24) is 0 Å². The van der Waals surface area contributed by atoms with Gasteiger partial charge in [0.2, 0.25) is 0 Å². The number of unbranched alkanes of at least 4 members (excludes halogenated alkanes) is 30. The Hall–Kier alpha value is -4.54. The second kappa shape index (κ2) is 76.6. The van der Waals surface area contributed by atoms with Crippen LogP contribution in [0.3, 0.4) is 0 Å². The van der Waals surface area contributed by atoms with Crippen molar-refractivity contribution in [3.63, 3.8) is 0 Å². The highest BCUT2D eigenvalue weighted by Gasteiger charge is 2.30. The van der Waals surface area contributed by atoms with E-state index in [1.54, 1.807) is 0 Å². The number of aliphatic hydroxyl groups is 1. The van der Waals surface area contributed by atoms with Gasteiger partial charge < -0.3 is 33.8 Å². The molecule has 598 valence electrons. The van der Waals surface area contributed by atoms with E-state index in [4.69, 9.17) is 37.0 Å². The third-order valence-corrected chi connectivity index (χ3v) is 18.8. The molecule has 0 saturated heterocycles. The van der Waals surface area contributed by atoms with Crippen molar-refractivity contribution in [2.75, 3.05) is 39.6 Å². The highest BCUT2D eigenvalue weighted by atomic mass is 31.2. The van der Waals surface area contributed by atoms with Crippen molar-refractivity contribution in [1.29, 1.82) is 0 Å². The SMILES string of the molecule is CC/C=C\C/C=C\C/C=C\C/C=C\C/C=C\C/C=C\CCC(=O)OCC(COP(=O)(O)OCC(O)COP(=O)(O)OCC(COC(=O)CCCCCCCC/C=C\C/C=C\C/C=C\CCCCC)OC(=O)CCCCCCCCCCCCCCCCC)OC(=O)CCCCCCC/C=C\CCCC. The topological polar surface area (TPSA) is 237 Å². The lowest BCUT2D eigenvalue weighted by atomic mass is 10.0. The smallest absolute Gasteiger partial charge is 0.462 e. The zero-order chi connectivity index (χ0) is 76.0. The maximum Gasteiger partial charge on any atom is 0.472 e. The molecule has 3 N–H and O–H groups in total. The fraction of sp³-hybridized carbons (Fsp3) is 0.718. The number of rotatable bonds is 76. The highest BCUT2D eigenvalue weighted by Crippen LogP contribution is 2.45. The van der Waals surface area contributed by atoms with Crippen LogP contribution in [0.15, 0.2) is 122 Å². The van der Waals surface area contributed by atoms with Crippen molar-refractivity contribution in [3.05, 3.63) is 122 Å². The number of phosphoric acid groups is 2. The molecule has 0 heterocycles. The maximum absolute atomic E-state index is 13.1. The van der Waals surface area contributed by atoms with Crippen molar-refractivity contribution in [2.24, 2.45) is 0 Å². The Morgan fingerprint density at radius 3 is 0.885 bits per heavy atom. The molecule has 0 amide bonds. The van der Waals surface area contributed by atoms with E-state index in [0.29, 0.717) is 32.1 Å². The average Bonchev–Trinajstić information content (AvgIpc) is 0.931. The number of carbonyl (C=O) groups is 4. The van der Waals surface area contributed by atoms with Crippen LogP contribution in [0.2, 0.25) is 0 Å². The molecular weight excluding hydrogens is 1350 g/mol. The summed E-state index contributed by atoms with van der Waals surface area (Å²) in [6, 6.07) is 0. The minimum Gasteiger partial charge on any atom is -0.462 e. The van der Waals surface area contributed by atoms with Gasteiger partial charge in [-0.2, -0.15) is 0 Å². The van der Waals surface area contributed by atoms with Crippen molar-refractivity contribution < 1.29 is 80.2 Å². The molecule has 0 saturated carbocycles. The van der Waals surface area contributed by atoms with E-state index in [0.717, 1.165) is 154 Å². The van der Waals surface area contributed by atoms with Gasteiger partial charge in [-0.3, -0.25) is 37.3 Å². The number of carbonyl (C=O) groups excluding carboxylic acids is 4. The number of hydrogen-bond donors (Lipinski definition) is 3. The van der Waals surface area contributed by atoms with Crippen molar-refractivity contribution in [3.8, 4) is 0 Å². The quantitative estimate of drug-likeness (QED) is 0.0169. The first-order valence-electron chi connectivity index (χ1n) is 40.8. The van der Waals surface area contributed by atoms with Gasteiger partial charge in [0.25, 0.3) is 0 Å². The molecule has 0 aromatic carbocycles. The predicted molar refractivity (Wildman–Crippen MR) is 427 cm³/mol. The first kappa shape index (κ1) is 99.5. The number of esters is 4. The number of allylic oxidation sites excluding steroid dienone is 20. The highest BCUT2D eigenvalue weighted by molar-refractivity contribution is 7.47. The zero-order valence-electron chi connectivity index (χ0n) is 65.4. The molecule has 0 aliphatic carbocycles. The van der Waals surface area contributed by atoms with Gasteiger partial charge >= 0.3 is 39.5 Å². The van der Waals surface area contributed by atoms with Crippen molar-refractivity contribution >= 4 is 39.5 Å². The second-order valence-corrected chi connectivity index (χ2v) is 29.9.